The highest BCUT2D eigenvalue weighted by Crippen LogP contribution is 2.49. The van der Waals surface area contributed by atoms with Crippen LogP contribution in [0.3, 0.4) is 0 Å². The van der Waals surface area contributed by atoms with Gasteiger partial charge in [-0.1, -0.05) is 48.4 Å². The fourth-order valence-corrected chi connectivity index (χ4v) is 5.01. The number of benzene rings is 2. The van der Waals surface area contributed by atoms with E-state index in [0.29, 0.717) is 13.1 Å². The summed E-state index contributed by atoms with van der Waals surface area (Å²) in [5.41, 5.74) is 7.61. The zero-order valence-corrected chi connectivity index (χ0v) is 18.9. The van der Waals surface area contributed by atoms with Crippen molar-refractivity contribution in [3.63, 3.8) is 0 Å². The zero-order valence-electron chi connectivity index (χ0n) is 18.9. The highest BCUT2D eigenvalue weighted by molar-refractivity contribution is 5.90. The van der Waals surface area contributed by atoms with E-state index in [1.807, 2.05) is 13.1 Å². The van der Waals surface area contributed by atoms with Crippen molar-refractivity contribution >= 4 is 11.6 Å². The molecule has 0 unspecified atom stereocenters. The number of carbonyl (C=O) groups is 1. The van der Waals surface area contributed by atoms with Crippen LogP contribution in [-0.4, -0.2) is 29.0 Å². The molecule has 2 aromatic carbocycles. The van der Waals surface area contributed by atoms with Crippen LogP contribution in [0.5, 0.6) is 0 Å². The summed E-state index contributed by atoms with van der Waals surface area (Å²) < 4.78 is 0. The number of anilines is 1. The lowest BCUT2D eigenvalue weighted by Crippen LogP contribution is -2.35. The van der Waals surface area contributed by atoms with E-state index in [1.54, 1.807) is 0 Å². The van der Waals surface area contributed by atoms with Gasteiger partial charge in [0.1, 0.15) is 0 Å². The molecule has 32 heavy (non-hydrogen) atoms. The van der Waals surface area contributed by atoms with Gasteiger partial charge in [-0.25, -0.2) is 9.97 Å². The lowest BCUT2D eigenvalue weighted by Gasteiger charge is -2.43. The fourth-order valence-electron chi connectivity index (χ4n) is 5.01. The van der Waals surface area contributed by atoms with Crippen molar-refractivity contribution in [2.45, 2.75) is 51.5 Å². The second-order valence-corrected chi connectivity index (χ2v) is 9.05. The molecular weight excluding hydrogens is 396 g/mol. The van der Waals surface area contributed by atoms with Crippen LogP contribution >= 0.6 is 0 Å². The summed E-state index contributed by atoms with van der Waals surface area (Å²) in [4.78, 5) is 23.3. The Bertz CT molecular complexity index is 1120. The average Bonchev–Trinajstić information content (AvgIpc) is 2.79. The molecule has 5 nitrogen and oxygen atoms in total. The molecule has 1 saturated carbocycles. The SMILES string of the molecule is CCNC(=O)c1ncc2c(n1)CN(c1ccc(C3(c4ccc(C)cc4)CCC3)cc1)CC2. The summed E-state index contributed by atoms with van der Waals surface area (Å²) in [5, 5.41) is 2.78. The van der Waals surface area contributed by atoms with Crippen LogP contribution in [0.1, 0.15) is 64.8 Å². The Kier molecular flexibility index (Phi) is 5.41. The third kappa shape index (κ3) is 3.66. The number of amides is 1. The highest BCUT2D eigenvalue weighted by Gasteiger charge is 2.40. The van der Waals surface area contributed by atoms with E-state index in [2.05, 4.69) is 75.6 Å². The third-order valence-electron chi connectivity index (χ3n) is 7.08. The van der Waals surface area contributed by atoms with Gasteiger partial charge in [-0.05, 0) is 61.9 Å². The van der Waals surface area contributed by atoms with Crippen molar-refractivity contribution in [3.05, 3.63) is 88.5 Å². The molecule has 0 spiro atoms. The molecule has 0 bridgehead atoms. The molecule has 1 aromatic heterocycles. The van der Waals surface area contributed by atoms with E-state index in [4.69, 9.17) is 0 Å². The number of carbonyl (C=O) groups excluding carboxylic acids is 1. The van der Waals surface area contributed by atoms with Crippen molar-refractivity contribution < 1.29 is 4.79 Å². The van der Waals surface area contributed by atoms with Gasteiger partial charge in [-0.3, -0.25) is 4.79 Å². The molecule has 164 valence electrons. The van der Waals surface area contributed by atoms with Crippen molar-refractivity contribution in [2.24, 2.45) is 0 Å². The minimum atomic E-state index is -0.210. The Morgan fingerprint density at radius 2 is 1.75 bits per heavy atom. The van der Waals surface area contributed by atoms with Gasteiger partial charge in [-0.2, -0.15) is 0 Å². The number of hydrogen-bond donors (Lipinski definition) is 1. The molecule has 1 aliphatic carbocycles. The molecule has 5 heteroatoms. The number of rotatable bonds is 5. The molecule has 1 N–H and O–H groups in total. The summed E-state index contributed by atoms with van der Waals surface area (Å²) in [6.45, 7) is 6.25. The first-order valence-corrected chi connectivity index (χ1v) is 11.6. The van der Waals surface area contributed by atoms with Crippen LogP contribution in [-0.2, 0) is 18.4 Å². The molecule has 2 heterocycles. The summed E-state index contributed by atoms with van der Waals surface area (Å²) in [6, 6.07) is 18.2. The van der Waals surface area contributed by atoms with E-state index >= 15 is 0 Å². The predicted octanol–water partition coefficient (Wildman–Crippen LogP) is 4.57. The van der Waals surface area contributed by atoms with E-state index in [-0.39, 0.29) is 17.1 Å². The Morgan fingerprint density at radius 3 is 2.38 bits per heavy atom. The van der Waals surface area contributed by atoms with E-state index in [1.165, 1.54) is 41.6 Å². The van der Waals surface area contributed by atoms with Crippen molar-refractivity contribution in [1.29, 1.82) is 0 Å². The van der Waals surface area contributed by atoms with Crippen LogP contribution in [0.15, 0.2) is 54.7 Å². The number of hydrogen-bond acceptors (Lipinski definition) is 4. The minimum Gasteiger partial charge on any atom is -0.365 e. The fraction of sp³-hybridized carbons (Fsp3) is 0.370. The van der Waals surface area contributed by atoms with Crippen molar-refractivity contribution in [2.75, 3.05) is 18.0 Å². The Morgan fingerprint density at radius 1 is 1.06 bits per heavy atom. The number of fused-ring (bicyclic) bond motifs is 1. The smallest absolute Gasteiger partial charge is 0.289 e. The van der Waals surface area contributed by atoms with E-state index in [0.717, 1.165) is 24.2 Å². The van der Waals surface area contributed by atoms with E-state index in [9.17, 15) is 4.79 Å². The Balaban J connectivity index is 1.36. The molecule has 0 saturated heterocycles. The Hall–Kier alpha value is -3.21. The Labute approximate surface area is 189 Å². The van der Waals surface area contributed by atoms with Gasteiger partial charge in [0, 0.05) is 30.4 Å². The molecule has 0 atom stereocenters. The third-order valence-corrected chi connectivity index (χ3v) is 7.08. The van der Waals surface area contributed by atoms with Gasteiger partial charge in [-0.15, -0.1) is 0 Å². The van der Waals surface area contributed by atoms with Crippen LogP contribution < -0.4 is 10.2 Å². The van der Waals surface area contributed by atoms with Crippen molar-refractivity contribution in [3.8, 4) is 0 Å². The summed E-state index contributed by atoms with van der Waals surface area (Å²) in [5.74, 6) is 0.0477. The normalized spacial score (nSPS) is 16.8. The van der Waals surface area contributed by atoms with Gasteiger partial charge in [0.15, 0.2) is 0 Å². The second kappa shape index (κ2) is 8.38. The first-order valence-electron chi connectivity index (χ1n) is 11.6. The lowest BCUT2D eigenvalue weighted by atomic mass is 9.60. The molecular formula is C27H30N4O. The van der Waals surface area contributed by atoms with Crippen molar-refractivity contribution in [1.82, 2.24) is 15.3 Å². The molecule has 0 radical (unpaired) electrons. The summed E-state index contributed by atoms with van der Waals surface area (Å²) >= 11 is 0. The molecule has 1 aliphatic heterocycles. The maximum absolute atomic E-state index is 12.1. The number of nitrogens with one attached hydrogen (secondary N) is 1. The number of aromatic nitrogens is 2. The largest absolute Gasteiger partial charge is 0.365 e. The lowest BCUT2D eigenvalue weighted by molar-refractivity contribution is 0.0945. The van der Waals surface area contributed by atoms with Gasteiger partial charge in [0.05, 0.1) is 12.2 Å². The van der Waals surface area contributed by atoms with Crippen LogP contribution in [0.25, 0.3) is 0 Å². The van der Waals surface area contributed by atoms with Gasteiger partial charge in [0.2, 0.25) is 5.82 Å². The molecule has 5 rings (SSSR count). The molecule has 3 aromatic rings. The minimum absolute atomic E-state index is 0.162. The standard InChI is InChI=1S/C27H30N4O/c1-3-28-26(32)25-29-17-20-13-16-31(18-24(20)30-25)23-11-9-22(10-12-23)27(14-4-15-27)21-7-5-19(2)6-8-21/h5-12,17H,3-4,13-16,18H2,1-2H3,(H,28,32). The van der Waals surface area contributed by atoms with E-state index < -0.39 is 0 Å². The quantitative estimate of drug-likeness (QED) is 0.649. The molecule has 1 amide bonds. The maximum atomic E-state index is 12.1. The zero-order chi connectivity index (χ0) is 22.1. The average molecular weight is 427 g/mol. The second-order valence-electron chi connectivity index (χ2n) is 9.05. The molecule has 1 fully saturated rings. The highest BCUT2D eigenvalue weighted by atomic mass is 16.2. The predicted molar refractivity (Wildman–Crippen MR) is 127 cm³/mol. The first kappa shape index (κ1) is 20.7. The summed E-state index contributed by atoms with van der Waals surface area (Å²) in [6.07, 6.45) is 6.42. The monoisotopic (exact) mass is 426 g/mol. The summed E-state index contributed by atoms with van der Waals surface area (Å²) in [7, 11) is 0. The molecule has 2 aliphatic rings. The van der Waals surface area contributed by atoms with Crippen LogP contribution in [0.4, 0.5) is 5.69 Å². The van der Waals surface area contributed by atoms with Gasteiger partial charge in [0.25, 0.3) is 5.91 Å². The van der Waals surface area contributed by atoms with Gasteiger partial charge < -0.3 is 10.2 Å². The topological polar surface area (TPSA) is 58.1 Å². The maximum Gasteiger partial charge on any atom is 0.289 e. The van der Waals surface area contributed by atoms with Crippen LogP contribution in [0, 0.1) is 6.92 Å². The first-order chi connectivity index (χ1) is 15.6. The van der Waals surface area contributed by atoms with Crippen LogP contribution in [0.2, 0.25) is 0 Å². The number of nitrogens with zero attached hydrogens (tertiary/aromatic N) is 3. The van der Waals surface area contributed by atoms with Gasteiger partial charge >= 0.3 is 0 Å². The number of aryl methyl sites for hydroxylation is 1.